The third kappa shape index (κ3) is 4.09. The fourth-order valence-electron chi connectivity index (χ4n) is 3.63. The molecule has 0 N–H and O–H groups in total. The molecule has 2 heterocycles. The maximum atomic E-state index is 12.7. The van der Waals surface area contributed by atoms with Gasteiger partial charge in [0.15, 0.2) is 9.84 Å². The second-order valence-corrected chi connectivity index (χ2v) is 9.76. The van der Waals surface area contributed by atoms with E-state index in [9.17, 15) is 18.0 Å². The quantitative estimate of drug-likeness (QED) is 0.804. The number of hydrogen-bond donors (Lipinski definition) is 0. The van der Waals surface area contributed by atoms with Crippen molar-refractivity contribution >= 4 is 21.7 Å². The monoisotopic (exact) mass is 378 g/mol. The van der Waals surface area contributed by atoms with E-state index in [1.165, 1.54) is 4.90 Å². The lowest BCUT2D eigenvalue weighted by Crippen LogP contribution is -2.39. The Balaban J connectivity index is 1.72. The van der Waals surface area contributed by atoms with Crippen molar-refractivity contribution in [3.05, 3.63) is 35.4 Å². The Hall–Kier alpha value is -1.89. The van der Waals surface area contributed by atoms with E-state index in [4.69, 9.17) is 0 Å². The van der Waals surface area contributed by atoms with Crippen LogP contribution in [0.2, 0.25) is 0 Å². The first-order valence-corrected chi connectivity index (χ1v) is 11.0. The lowest BCUT2D eigenvalue weighted by molar-refractivity contribution is 0.0697. The average Bonchev–Trinajstić information content (AvgIpc) is 3.00. The molecule has 6 nitrogen and oxygen atoms in total. The molecule has 0 bridgehead atoms. The minimum atomic E-state index is -3.05. The van der Waals surface area contributed by atoms with Crippen LogP contribution >= 0.6 is 0 Å². The van der Waals surface area contributed by atoms with Gasteiger partial charge in [-0.2, -0.15) is 0 Å². The van der Waals surface area contributed by atoms with Gasteiger partial charge in [0, 0.05) is 37.3 Å². The molecule has 1 unspecified atom stereocenters. The van der Waals surface area contributed by atoms with Gasteiger partial charge in [0.05, 0.1) is 11.5 Å². The maximum absolute atomic E-state index is 12.7. The van der Waals surface area contributed by atoms with Gasteiger partial charge in [-0.15, -0.1) is 0 Å². The fraction of sp³-hybridized carbons (Fsp3) is 0.579. The van der Waals surface area contributed by atoms with Gasteiger partial charge >= 0.3 is 0 Å². The number of sulfone groups is 1. The Kier molecular flexibility index (Phi) is 5.37. The van der Waals surface area contributed by atoms with Crippen LogP contribution in [0.1, 0.15) is 46.9 Å². The molecule has 1 aromatic rings. The van der Waals surface area contributed by atoms with Crippen LogP contribution in [-0.4, -0.2) is 67.7 Å². The summed E-state index contributed by atoms with van der Waals surface area (Å²) in [5, 5.41) is 0. The van der Waals surface area contributed by atoms with Gasteiger partial charge in [-0.1, -0.05) is 13.0 Å². The molecule has 0 radical (unpaired) electrons. The summed E-state index contributed by atoms with van der Waals surface area (Å²) < 4.78 is 23.3. The average molecular weight is 378 g/mol. The van der Waals surface area contributed by atoms with Gasteiger partial charge in [-0.25, -0.2) is 8.42 Å². The summed E-state index contributed by atoms with van der Waals surface area (Å²) in [6.45, 7) is 3.69. The smallest absolute Gasteiger partial charge is 0.253 e. The van der Waals surface area contributed by atoms with Crippen LogP contribution < -0.4 is 0 Å². The summed E-state index contributed by atoms with van der Waals surface area (Å²) in [6, 6.07) is 6.46. The number of carbonyl (C=O) groups excluding carboxylic acids is 2. The summed E-state index contributed by atoms with van der Waals surface area (Å²) >= 11 is 0. The van der Waals surface area contributed by atoms with Crippen LogP contribution in [0.5, 0.6) is 0 Å². The standard InChI is InChI=1S/C19H26N2O4S/c1-14-6-9-21(10-7-14)19(23)16-5-3-4-15(12-16)18(22)20(2)17-8-11-26(24,25)13-17/h3-5,12,14,17H,6-11,13H2,1-2H3. The zero-order chi connectivity index (χ0) is 18.9. The normalized spacial score (nSPS) is 23.0. The highest BCUT2D eigenvalue weighted by Crippen LogP contribution is 2.21. The third-order valence-electron chi connectivity index (χ3n) is 5.50. The van der Waals surface area contributed by atoms with Crippen LogP contribution in [-0.2, 0) is 9.84 Å². The van der Waals surface area contributed by atoms with Crippen LogP contribution in [0.4, 0.5) is 0 Å². The zero-order valence-electron chi connectivity index (χ0n) is 15.3. The summed E-state index contributed by atoms with van der Waals surface area (Å²) in [6.07, 6.45) is 2.47. The number of carbonyl (C=O) groups is 2. The van der Waals surface area contributed by atoms with E-state index in [1.54, 1.807) is 31.3 Å². The van der Waals surface area contributed by atoms with Crippen LogP contribution in [0.3, 0.4) is 0 Å². The van der Waals surface area contributed by atoms with Crippen LogP contribution in [0.15, 0.2) is 24.3 Å². The highest BCUT2D eigenvalue weighted by molar-refractivity contribution is 7.91. The van der Waals surface area contributed by atoms with Crippen LogP contribution in [0.25, 0.3) is 0 Å². The van der Waals surface area contributed by atoms with Gasteiger partial charge in [0.1, 0.15) is 0 Å². The van der Waals surface area contributed by atoms with E-state index in [0.29, 0.717) is 23.5 Å². The van der Waals surface area contributed by atoms with E-state index >= 15 is 0 Å². The van der Waals surface area contributed by atoms with Crippen molar-refractivity contribution in [2.45, 2.75) is 32.2 Å². The molecule has 2 saturated heterocycles. The van der Waals surface area contributed by atoms with Crippen molar-refractivity contribution in [2.24, 2.45) is 5.92 Å². The lowest BCUT2D eigenvalue weighted by Gasteiger charge is -2.30. The van der Waals surface area contributed by atoms with Crippen molar-refractivity contribution in [3.8, 4) is 0 Å². The Morgan fingerprint density at radius 2 is 1.77 bits per heavy atom. The minimum absolute atomic E-state index is 0.0137. The number of rotatable bonds is 3. The number of piperidine rings is 1. The number of amides is 2. The molecule has 0 spiro atoms. The molecule has 0 saturated carbocycles. The third-order valence-corrected chi connectivity index (χ3v) is 7.25. The van der Waals surface area contributed by atoms with Crippen molar-refractivity contribution in [2.75, 3.05) is 31.6 Å². The van der Waals surface area contributed by atoms with E-state index in [1.807, 2.05) is 4.90 Å². The van der Waals surface area contributed by atoms with Crippen molar-refractivity contribution in [3.63, 3.8) is 0 Å². The summed E-state index contributed by atoms with van der Waals surface area (Å²) in [5.74, 6) is 0.496. The Labute approximate surface area is 155 Å². The molecule has 2 amide bonds. The first kappa shape index (κ1) is 18.9. The summed E-state index contributed by atoms with van der Waals surface area (Å²) in [5.41, 5.74) is 0.936. The van der Waals surface area contributed by atoms with Gasteiger partial charge in [-0.3, -0.25) is 9.59 Å². The number of benzene rings is 1. The molecule has 2 aliphatic heterocycles. The largest absolute Gasteiger partial charge is 0.339 e. The topological polar surface area (TPSA) is 74.8 Å². The maximum Gasteiger partial charge on any atom is 0.253 e. The first-order valence-electron chi connectivity index (χ1n) is 9.14. The summed E-state index contributed by atoms with van der Waals surface area (Å²) in [4.78, 5) is 28.8. The first-order chi connectivity index (χ1) is 12.3. The second kappa shape index (κ2) is 7.39. The van der Waals surface area contributed by atoms with Crippen LogP contribution in [0, 0.1) is 5.92 Å². The Morgan fingerprint density at radius 3 is 2.38 bits per heavy atom. The molecule has 26 heavy (non-hydrogen) atoms. The predicted molar refractivity (Wildman–Crippen MR) is 99.9 cm³/mol. The Morgan fingerprint density at radius 1 is 1.12 bits per heavy atom. The van der Waals surface area contributed by atoms with Crippen molar-refractivity contribution in [1.29, 1.82) is 0 Å². The molecule has 142 valence electrons. The molecule has 1 aromatic carbocycles. The lowest BCUT2D eigenvalue weighted by atomic mass is 9.98. The number of hydrogen-bond acceptors (Lipinski definition) is 4. The predicted octanol–water partition coefficient (Wildman–Crippen LogP) is 1.82. The van der Waals surface area contributed by atoms with Gasteiger partial charge in [-0.05, 0) is 43.4 Å². The molecular weight excluding hydrogens is 352 g/mol. The second-order valence-electron chi connectivity index (χ2n) is 7.53. The molecule has 2 fully saturated rings. The van der Waals surface area contributed by atoms with E-state index in [2.05, 4.69) is 6.92 Å². The number of likely N-dealkylation sites (tertiary alicyclic amines) is 1. The van der Waals surface area contributed by atoms with Gasteiger partial charge in [0.25, 0.3) is 11.8 Å². The van der Waals surface area contributed by atoms with Gasteiger partial charge in [0.2, 0.25) is 0 Å². The molecule has 7 heteroatoms. The zero-order valence-corrected chi connectivity index (χ0v) is 16.2. The highest BCUT2D eigenvalue weighted by Gasteiger charge is 2.33. The van der Waals surface area contributed by atoms with E-state index in [-0.39, 0.29) is 29.4 Å². The minimum Gasteiger partial charge on any atom is -0.339 e. The van der Waals surface area contributed by atoms with E-state index < -0.39 is 9.84 Å². The fourth-order valence-corrected chi connectivity index (χ4v) is 5.40. The molecule has 2 aliphatic rings. The van der Waals surface area contributed by atoms with E-state index in [0.717, 1.165) is 25.9 Å². The SMILES string of the molecule is CC1CCN(C(=O)c2cccc(C(=O)N(C)C3CCS(=O)(=O)C3)c2)CC1. The molecule has 0 aromatic heterocycles. The molecule has 3 rings (SSSR count). The molecular formula is C19H26N2O4S. The van der Waals surface area contributed by atoms with Crippen molar-refractivity contribution < 1.29 is 18.0 Å². The van der Waals surface area contributed by atoms with Crippen molar-refractivity contribution in [1.82, 2.24) is 9.80 Å². The summed E-state index contributed by atoms with van der Waals surface area (Å²) in [7, 11) is -1.42. The molecule has 1 atom stereocenters. The highest BCUT2D eigenvalue weighted by atomic mass is 32.2. The number of nitrogens with zero attached hydrogens (tertiary/aromatic N) is 2. The molecule has 0 aliphatic carbocycles. The van der Waals surface area contributed by atoms with Gasteiger partial charge < -0.3 is 9.80 Å². The Bertz CT molecular complexity index is 798.